The molecular weight excluding hydrogens is 414 g/mol. The van der Waals surface area contributed by atoms with Gasteiger partial charge in [0.15, 0.2) is 0 Å². The minimum absolute atomic E-state index is 0.261. The predicted octanol–water partition coefficient (Wildman–Crippen LogP) is 4.89. The third-order valence-electron chi connectivity index (χ3n) is 5.50. The van der Waals surface area contributed by atoms with E-state index in [1.807, 2.05) is 37.3 Å². The molecule has 0 radical (unpaired) electrons. The maximum absolute atomic E-state index is 12.4. The van der Waals surface area contributed by atoms with Crippen LogP contribution >= 0.6 is 0 Å². The highest BCUT2D eigenvalue weighted by molar-refractivity contribution is 6.43. The number of hydrogen-bond donors (Lipinski definition) is 3. The van der Waals surface area contributed by atoms with Crippen molar-refractivity contribution in [3.63, 3.8) is 0 Å². The summed E-state index contributed by atoms with van der Waals surface area (Å²) in [5.41, 5.74) is 11.5. The van der Waals surface area contributed by atoms with Gasteiger partial charge in [0.05, 0.1) is 0 Å². The summed E-state index contributed by atoms with van der Waals surface area (Å²) >= 11 is 0. The Morgan fingerprint density at radius 1 is 0.939 bits per heavy atom. The fraction of sp³-hybridized carbons (Fsp3) is 0.154. The van der Waals surface area contributed by atoms with Crippen LogP contribution in [0.2, 0.25) is 0 Å². The Bertz CT molecular complexity index is 1350. The Morgan fingerprint density at radius 2 is 1.67 bits per heavy atom. The van der Waals surface area contributed by atoms with E-state index in [4.69, 9.17) is 5.73 Å². The first-order chi connectivity index (χ1) is 15.8. The zero-order valence-corrected chi connectivity index (χ0v) is 18.7. The van der Waals surface area contributed by atoms with E-state index in [9.17, 15) is 9.59 Å². The second-order valence-electron chi connectivity index (χ2n) is 8.23. The number of amides is 2. The average Bonchev–Trinajstić information content (AvgIpc) is 2.79. The van der Waals surface area contributed by atoms with Gasteiger partial charge in [0.1, 0.15) is 5.82 Å². The van der Waals surface area contributed by atoms with Gasteiger partial charge in [0.25, 0.3) is 0 Å². The number of carbonyl (C=O) groups is 2. The molecule has 4 aromatic rings. The Kier molecular flexibility index (Phi) is 6.04. The fourth-order valence-corrected chi connectivity index (χ4v) is 3.59. The lowest BCUT2D eigenvalue weighted by Crippen LogP contribution is -2.29. The van der Waals surface area contributed by atoms with Gasteiger partial charge < -0.3 is 16.4 Å². The van der Waals surface area contributed by atoms with Crippen LogP contribution < -0.4 is 16.4 Å². The normalized spacial score (nSPS) is 10.9. The number of fused-ring (bicyclic) bond motifs is 1. The molecule has 4 N–H and O–H groups in total. The lowest BCUT2D eigenvalue weighted by atomic mass is 9.99. The molecular formula is C26H25N5O2. The van der Waals surface area contributed by atoms with Gasteiger partial charge in [-0.3, -0.25) is 14.6 Å². The van der Waals surface area contributed by atoms with Crippen LogP contribution in [0.4, 0.5) is 17.2 Å². The number of aromatic nitrogens is 2. The minimum Gasteiger partial charge on any atom is -0.398 e. The van der Waals surface area contributed by atoms with E-state index in [-0.39, 0.29) is 5.82 Å². The second kappa shape index (κ2) is 9.08. The molecule has 0 unspecified atom stereocenters. The van der Waals surface area contributed by atoms with Crippen molar-refractivity contribution in [2.24, 2.45) is 0 Å². The molecule has 0 aliphatic carbocycles. The molecule has 0 aliphatic heterocycles. The van der Waals surface area contributed by atoms with Crippen molar-refractivity contribution in [3.8, 4) is 11.1 Å². The molecule has 2 heterocycles. The van der Waals surface area contributed by atoms with E-state index >= 15 is 0 Å². The number of nitrogens with zero attached hydrogens (tertiary/aromatic N) is 2. The molecule has 0 fully saturated rings. The highest BCUT2D eigenvalue weighted by Crippen LogP contribution is 2.31. The van der Waals surface area contributed by atoms with E-state index in [1.54, 1.807) is 36.8 Å². The Labute approximate surface area is 192 Å². The van der Waals surface area contributed by atoms with Crippen LogP contribution in [0.1, 0.15) is 30.9 Å². The molecule has 0 spiro atoms. The maximum Gasteiger partial charge on any atom is 0.315 e. The first-order valence-electron chi connectivity index (χ1n) is 10.6. The third kappa shape index (κ3) is 4.82. The van der Waals surface area contributed by atoms with Gasteiger partial charge in [-0.1, -0.05) is 26.0 Å². The Balaban J connectivity index is 1.53. The van der Waals surface area contributed by atoms with Crippen LogP contribution in [0.25, 0.3) is 21.9 Å². The molecule has 0 aliphatic rings. The summed E-state index contributed by atoms with van der Waals surface area (Å²) in [6.45, 7) is 6.18. The van der Waals surface area contributed by atoms with Crippen molar-refractivity contribution in [2.75, 3.05) is 16.4 Å². The van der Waals surface area contributed by atoms with Gasteiger partial charge in [0.2, 0.25) is 0 Å². The summed E-state index contributed by atoms with van der Waals surface area (Å²) in [6.07, 6.45) is 5.12. The van der Waals surface area contributed by atoms with Gasteiger partial charge in [0, 0.05) is 40.9 Å². The molecule has 0 bridgehead atoms. The topological polar surface area (TPSA) is 110 Å². The molecule has 2 aromatic heterocycles. The summed E-state index contributed by atoms with van der Waals surface area (Å²) in [6, 6.07) is 14.9. The smallest absolute Gasteiger partial charge is 0.315 e. The van der Waals surface area contributed by atoms with E-state index in [2.05, 4.69) is 34.4 Å². The Hall–Kier alpha value is -4.26. The number of nitrogen functional groups attached to an aromatic ring is 1. The quantitative estimate of drug-likeness (QED) is 0.310. The van der Waals surface area contributed by atoms with E-state index in [1.165, 1.54) is 0 Å². The molecule has 2 aromatic carbocycles. The number of pyridine rings is 2. The molecule has 166 valence electrons. The fourth-order valence-electron chi connectivity index (χ4n) is 3.59. The molecule has 33 heavy (non-hydrogen) atoms. The number of hydrogen-bond acceptors (Lipinski definition) is 5. The molecule has 0 saturated carbocycles. The van der Waals surface area contributed by atoms with Gasteiger partial charge in [-0.25, -0.2) is 4.98 Å². The van der Waals surface area contributed by atoms with Crippen LogP contribution in [0, 0.1) is 6.92 Å². The van der Waals surface area contributed by atoms with Crippen molar-refractivity contribution in [1.29, 1.82) is 0 Å². The average molecular weight is 440 g/mol. The summed E-state index contributed by atoms with van der Waals surface area (Å²) in [7, 11) is 0. The van der Waals surface area contributed by atoms with E-state index in [0.717, 1.165) is 33.0 Å². The summed E-state index contributed by atoms with van der Waals surface area (Å²) < 4.78 is 0. The zero-order chi connectivity index (χ0) is 23.5. The molecule has 0 saturated heterocycles. The predicted molar refractivity (Wildman–Crippen MR) is 132 cm³/mol. The SMILES string of the molecule is Cc1ccncc1-c1cc(N)c2cnc(NC(=O)C(=O)Nc3ccc(C(C)C)cc3)cc2c1. The monoisotopic (exact) mass is 439 g/mol. The number of benzene rings is 2. The van der Waals surface area contributed by atoms with Crippen molar-refractivity contribution in [2.45, 2.75) is 26.7 Å². The number of nitrogens with two attached hydrogens (primary N) is 1. The van der Waals surface area contributed by atoms with Gasteiger partial charge in [-0.05, 0) is 71.3 Å². The lowest BCUT2D eigenvalue weighted by molar-refractivity contribution is -0.133. The van der Waals surface area contributed by atoms with Crippen LogP contribution in [-0.4, -0.2) is 21.8 Å². The molecule has 7 heteroatoms. The first kappa shape index (κ1) is 22.0. The van der Waals surface area contributed by atoms with Crippen molar-refractivity contribution in [3.05, 3.63) is 78.2 Å². The van der Waals surface area contributed by atoms with Crippen LogP contribution in [0.15, 0.2) is 67.1 Å². The highest BCUT2D eigenvalue weighted by atomic mass is 16.2. The summed E-state index contributed by atoms with van der Waals surface area (Å²) in [5.74, 6) is -0.929. The van der Waals surface area contributed by atoms with E-state index < -0.39 is 11.8 Å². The van der Waals surface area contributed by atoms with E-state index in [0.29, 0.717) is 17.3 Å². The molecule has 4 rings (SSSR count). The number of rotatable bonds is 4. The molecule has 0 atom stereocenters. The lowest BCUT2D eigenvalue weighted by Gasteiger charge is -2.11. The first-order valence-corrected chi connectivity index (χ1v) is 10.6. The van der Waals surface area contributed by atoms with Gasteiger partial charge >= 0.3 is 11.8 Å². The number of carbonyl (C=O) groups excluding carboxylic acids is 2. The summed E-state index contributed by atoms with van der Waals surface area (Å²) in [4.78, 5) is 33.2. The van der Waals surface area contributed by atoms with Gasteiger partial charge in [-0.15, -0.1) is 0 Å². The second-order valence-corrected chi connectivity index (χ2v) is 8.23. The molecule has 2 amide bonds. The van der Waals surface area contributed by atoms with Crippen LogP contribution in [-0.2, 0) is 9.59 Å². The van der Waals surface area contributed by atoms with Crippen molar-refractivity contribution < 1.29 is 9.59 Å². The number of aryl methyl sites for hydroxylation is 1. The Morgan fingerprint density at radius 3 is 2.36 bits per heavy atom. The van der Waals surface area contributed by atoms with Gasteiger partial charge in [-0.2, -0.15) is 0 Å². The maximum atomic E-state index is 12.4. The number of anilines is 3. The largest absolute Gasteiger partial charge is 0.398 e. The van der Waals surface area contributed by atoms with Crippen molar-refractivity contribution >= 4 is 39.8 Å². The zero-order valence-electron chi connectivity index (χ0n) is 18.7. The van der Waals surface area contributed by atoms with Crippen molar-refractivity contribution in [1.82, 2.24) is 9.97 Å². The minimum atomic E-state index is -0.804. The summed E-state index contributed by atoms with van der Waals surface area (Å²) in [5, 5.41) is 6.72. The third-order valence-corrected chi connectivity index (χ3v) is 5.50. The van der Waals surface area contributed by atoms with Crippen LogP contribution in [0.5, 0.6) is 0 Å². The van der Waals surface area contributed by atoms with Crippen LogP contribution in [0.3, 0.4) is 0 Å². The highest BCUT2D eigenvalue weighted by Gasteiger charge is 2.16. The number of nitrogens with one attached hydrogen (secondary N) is 2. The molecule has 7 nitrogen and oxygen atoms in total. The standard InChI is InChI=1S/C26H25N5O2/c1-15(2)17-4-6-20(7-5-17)30-25(32)26(33)31-24-12-19-10-18(11-23(27)22(19)14-29-24)21-13-28-9-8-16(21)3/h4-15H,27H2,1-3H3,(H,30,32)(H,29,31,33).